The average molecular weight is 276 g/mol. The lowest BCUT2D eigenvalue weighted by Crippen LogP contribution is -2.32. The van der Waals surface area contributed by atoms with Gasteiger partial charge < -0.3 is 4.90 Å². The van der Waals surface area contributed by atoms with Gasteiger partial charge in [0, 0.05) is 17.8 Å². The summed E-state index contributed by atoms with van der Waals surface area (Å²) in [6.07, 6.45) is 0.847. The Bertz CT molecular complexity index is 749. The molecule has 0 saturated carbocycles. The fourth-order valence-electron chi connectivity index (χ4n) is 3.20. The summed E-state index contributed by atoms with van der Waals surface area (Å²) in [5.41, 5.74) is 3.80. The second kappa shape index (κ2) is 4.55. The van der Waals surface area contributed by atoms with Crippen LogP contribution in [0.5, 0.6) is 0 Å². The summed E-state index contributed by atoms with van der Waals surface area (Å²) >= 11 is 0. The van der Waals surface area contributed by atoms with Crippen molar-refractivity contribution in [3.05, 3.63) is 59.7 Å². The van der Waals surface area contributed by atoms with Crippen LogP contribution in [0.25, 0.3) is 0 Å². The molecule has 0 aliphatic carbocycles. The Morgan fingerprint density at radius 3 is 2.76 bits per heavy atom. The van der Waals surface area contributed by atoms with E-state index in [0.717, 1.165) is 41.3 Å². The second-order valence-electron chi connectivity index (χ2n) is 5.68. The fourth-order valence-corrected chi connectivity index (χ4v) is 3.20. The first-order valence-electron chi connectivity index (χ1n) is 7.30. The molecule has 0 unspecified atom stereocenters. The van der Waals surface area contributed by atoms with Crippen molar-refractivity contribution in [2.75, 3.05) is 11.4 Å². The summed E-state index contributed by atoms with van der Waals surface area (Å²) in [6.45, 7) is 2.87. The molecule has 3 heteroatoms. The van der Waals surface area contributed by atoms with Gasteiger partial charge in [0.25, 0.3) is 0 Å². The number of carbonyl (C=O) groups is 1. The maximum atomic E-state index is 12.7. The van der Waals surface area contributed by atoms with Crippen molar-refractivity contribution in [1.82, 2.24) is 0 Å². The van der Waals surface area contributed by atoms with Crippen LogP contribution in [0.3, 0.4) is 0 Å². The highest BCUT2D eigenvalue weighted by molar-refractivity contribution is 6.22. The van der Waals surface area contributed by atoms with E-state index in [0.29, 0.717) is 0 Å². The molecule has 2 aromatic rings. The Morgan fingerprint density at radius 2 is 1.95 bits per heavy atom. The Kier molecular flexibility index (Phi) is 2.67. The zero-order valence-electron chi connectivity index (χ0n) is 11.9. The molecule has 2 aliphatic rings. The molecule has 0 aromatic heterocycles. The lowest BCUT2D eigenvalue weighted by Gasteiger charge is -2.24. The van der Waals surface area contributed by atoms with Gasteiger partial charge in [-0.2, -0.15) is 0 Å². The van der Waals surface area contributed by atoms with E-state index >= 15 is 0 Å². The topological polar surface area (TPSA) is 32.7 Å². The van der Waals surface area contributed by atoms with Gasteiger partial charge in [-0.05, 0) is 37.6 Å². The van der Waals surface area contributed by atoms with E-state index in [9.17, 15) is 4.79 Å². The molecule has 104 valence electrons. The summed E-state index contributed by atoms with van der Waals surface area (Å²) in [7, 11) is 0. The van der Waals surface area contributed by atoms with Gasteiger partial charge in [-0.3, -0.25) is 4.79 Å². The summed E-state index contributed by atoms with van der Waals surface area (Å²) in [6, 6.07) is 16.1. The number of Topliss-reactive ketones (excluding diaryl/α,β-unsaturated/α-hetero) is 1. The Morgan fingerprint density at radius 1 is 1.14 bits per heavy atom. The van der Waals surface area contributed by atoms with Crippen LogP contribution in [-0.2, 0) is 0 Å². The van der Waals surface area contributed by atoms with Crippen molar-refractivity contribution in [3.8, 4) is 0 Å². The quantitative estimate of drug-likeness (QED) is 0.794. The highest BCUT2D eigenvalue weighted by Crippen LogP contribution is 2.36. The number of rotatable bonds is 1. The van der Waals surface area contributed by atoms with Crippen LogP contribution in [0.2, 0.25) is 0 Å². The van der Waals surface area contributed by atoms with Gasteiger partial charge in [0.1, 0.15) is 5.84 Å². The molecule has 0 amide bonds. The zero-order valence-corrected chi connectivity index (χ0v) is 11.9. The lowest BCUT2D eigenvalue weighted by molar-refractivity contribution is 0.0954. The molecule has 1 fully saturated rings. The average Bonchev–Trinajstić information content (AvgIpc) is 2.93. The molecule has 2 heterocycles. The van der Waals surface area contributed by atoms with Crippen molar-refractivity contribution >= 4 is 23.0 Å². The van der Waals surface area contributed by atoms with Gasteiger partial charge >= 0.3 is 0 Å². The van der Waals surface area contributed by atoms with Crippen LogP contribution in [0.1, 0.15) is 22.3 Å². The maximum Gasteiger partial charge on any atom is 0.175 e. The molecule has 2 aliphatic heterocycles. The smallest absolute Gasteiger partial charge is 0.175 e. The first-order valence-corrected chi connectivity index (χ1v) is 7.30. The van der Waals surface area contributed by atoms with E-state index in [1.807, 2.05) is 43.3 Å². The van der Waals surface area contributed by atoms with E-state index in [1.54, 1.807) is 0 Å². The predicted octanol–water partition coefficient (Wildman–Crippen LogP) is 3.75. The molecule has 4 rings (SSSR count). The number of aryl methyl sites for hydroxylation is 1. The molecule has 1 atom stereocenters. The minimum Gasteiger partial charge on any atom is -0.329 e. The fraction of sp³-hybridized carbons (Fsp3) is 0.222. The number of nitrogens with zero attached hydrogens (tertiary/aromatic N) is 2. The van der Waals surface area contributed by atoms with E-state index < -0.39 is 0 Å². The number of anilines is 1. The molecule has 0 radical (unpaired) electrons. The van der Waals surface area contributed by atoms with Gasteiger partial charge in [0.2, 0.25) is 0 Å². The van der Waals surface area contributed by atoms with Gasteiger partial charge in [0.15, 0.2) is 5.78 Å². The minimum atomic E-state index is -0.0838. The number of aliphatic imine (C=N–C) groups is 1. The molecule has 21 heavy (non-hydrogen) atoms. The number of fused-ring (bicyclic) bond motifs is 2. The van der Waals surface area contributed by atoms with Gasteiger partial charge in [0.05, 0.1) is 11.6 Å². The molecule has 0 bridgehead atoms. The monoisotopic (exact) mass is 276 g/mol. The Labute approximate surface area is 123 Å². The summed E-state index contributed by atoms with van der Waals surface area (Å²) in [5, 5.41) is 0. The largest absolute Gasteiger partial charge is 0.329 e. The third-order valence-corrected chi connectivity index (χ3v) is 4.27. The third kappa shape index (κ3) is 1.88. The maximum absolute atomic E-state index is 12.7. The lowest BCUT2D eigenvalue weighted by atomic mass is 9.91. The zero-order chi connectivity index (χ0) is 14.4. The number of ketones is 1. The highest BCUT2D eigenvalue weighted by atomic mass is 16.1. The van der Waals surface area contributed by atoms with E-state index in [-0.39, 0.29) is 11.7 Å². The normalized spacial score (nSPS) is 20.0. The van der Waals surface area contributed by atoms with E-state index in [2.05, 4.69) is 17.0 Å². The van der Waals surface area contributed by atoms with Crippen molar-refractivity contribution in [2.24, 2.45) is 10.9 Å². The van der Waals surface area contributed by atoms with E-state index in [1.165, 1.54) is 0 Å². The van der Waals surface area contributed by atoms with Crippen LogP contribution >= 0.6 is 0 Å². The van der Waals surface area contributed by atoms with Crippen LogP contribution in [0, 0.1) is 12.8 Å². The third-order valence-electron chi connectivity index (χ3n) is 4.27. The summed E-state index contributed by atoms with van der Waals surface area (Å²) < 4.78 is 0. The molecule has 0 spiro atoms. The number of para-hydroxylation sites is 1. The van der Waals surface area contributed by atoms with Crippen molar-refractivity contribution in [3.63, 3.8) is 0 Å². The SMILES string of the molecule is Cc1ccc2c(c1)C(=O)[C@H]1CCN(c3ccccc3)C1=N2. The number of benzene rings is 2. The standard InChI is InChI=1S/C18H16N2O/c1-12-7-8-16-15(11-12)17(21)14-9-10-20(18(14)19-16)13-5-3-2-4-6-13/h2-8,11,14H,9-10H2,1H3/t14-/m1/s1. The van der Waals surface area contributed by atoms with Crippen molar-refractivity contribution in [1.29, 1.82) is 0 Å². The molecular formula is C18H16N2O. The number of amidine groups is 1. The Balaban J connectivity index is 1.82. The summed E-state index contributed by atoms with van der Waals surface area (Å²) in [5.74, 6) is 1.04. The molecule has 0 N–H and O–H groups in total. The first-order chi connectivity index (χ1) is 10.2. The van der Waals surface area contributed by atoms with Crippen LogP contribution in [0.15, 0.2) is 53.5 Å². The Hall–Kier alpha value is -2.42. The second-order valence-corrected chi connectivity index (χ2v) is 5.68. The van der Waals surface area contributed by atoms with Gasteiger partial charge in [-0.15, -0.1) is 0 Å². The van der Waals surface area contributed by atoms with Crippen LogP contribution in [-0.4, -0.2) is 18.2 Å². The van der Waals surface area contributed by atoms with Crippen molar-refractivity contribution < 1.29 is 4.79 Å². The van der Waals surface area contributed by atoms with E-state index in [4.69, 9.17) is 4.99 Å². The number of carbonyl (C=O) groups excluding carboxylic acids is 1. The molecule has 1 saturated heterocycles. The number of hydrogen-bond donors (Lipinski definition) is 0. The molecular weight excluding hydrogens is 260 g/mol. The predicted molar refractivity (Wildman–Crippen MR) is 84.5 cm³/mol. The first kappa shape index (κ1) is 12.3. The number of hydrogen-bond acceptors (Lipinski definition) is 3. The van der Waals surface area contributed by atoms with Crippen LogP contribution < -0.4 is 4.90 Å². The molecule has 3 nitrogen and oxygen atoms in total. The van der Waals surface area contributed by atoms with Crippen LogP contribution in [0.4, 0.5) is 11.4 Å². The van der Waals surface area contributed by atoms with Gasteiger partial charge in [-0.1, -0.05) is 29.8 Å². The molecule has 2 aromatic carbocycles. The highest BCUT2D eigenvalue weighted by Gasteiger charge is 2.39. The minimum absolute atomic E-state index is 0.0838. The van der Waals surface area contributed by atoms with Gasteiger partial charge in [-0.25, -0.2) is 4.99 Å². The summed E-state index contributed by atoms with van der Waals surface area (Å²) in [4.78, 5) is 19.7. The van der Waals surface area contributed by atoms with Crippen molar-refractivity contribution in [2.45, 2.75) is 13.3 Å².